The van der Waals surface area contributed by atoms with Gasteiger partial charge >= 0.3 is 0 Å². The molecule has 1 heterocycles. The van der Waals surface area contributed by atoms with Gasteiger partial charge in [0.05, 0.1) is 0 Å². The van der Waals surface area contributed by atoms with Crippen LogP contribution in [0, 0.1) is 5.92 Å². The van der Waals surface area contributed by atoms with Crippen molar-refractivity contribution in [3.05, 3.63) is 59.7 Å². The van der Waals surface area contributed by atoms with Gasteiger partial charge in [-0.2, -0.15) is 0 Å². The van der Waals surface area contributed by atoms with Crippen LogP contribution in [0.5, 0.6) is 11.5 Å². The maximum Gasteiger partial charge on any atom is 0.233 e. The molecule has 0 fully saturated rings. The summed E-state index contributed by atoms with van der Waals surface area (Å²) in [6.45, 7) is 4.04. The average Bonchev–Trinajstić information content (AvgIpc) is 2.43. The first kappa shape index (κ1) is 12.7. The molecule has 102 valence electrons. The van der Waals surface area contributed by atoms with Gasteiger partial charge in [-0.05, 0) is 18.1 Å². The summed E-state index contributed by atoms with van der Waals surface area (Å²) in [5.41, 5.74) is 6.69. The monoisotopic (exact) mass is 267 g/mol. The van der Waals surface area contributed by atoms with Crippen molar-refractivity contribution in [2.75, 3.05) is 0 Å². The Morgan fingerprint density at radius 1 is 1.00 bits per heavy atom. The van der Waals surface area contributed by atoms with Crippen molar-refractivity contribution in [2.45, 2.75) is 19.3 Å². The van der Waals surface area contributed by atoms with Crippen molar-refractivity contribution in [1.82, 2.24) is 0 Å². The summed E-state index contributed by atoms with van der Waals surface area (Å²) in [5, 5.41) is 0. The van der Waals surface area contributed by atoms with E-state index in [9.17, 15) is 4.79 Å². The van der Waals surface area contributed by atoms with E-state index in [0.717, 1.165) is 11.1 Å². The van der Waals surface area contributed by atoms with Gasteiger partial charge in [0.2, 0.25) is 5.91 Å². The van der Waals surface area contributed by atoms with E-state index in [1.165, 1.54) is 0 Å². The maximum atomic E-state index is 12.4. The van der Waals surface area contributed by atoms with Gasteiger partial charge < -0.3 is 10.5 Å². The second-order valence-electron chi connectivity index (χ2n) is 5.42. The topological polar surface area (TPSA) is 52.3 Å². The van der Waals surface area contributed by atoms with Gasteiger partial charge in [-0.1, -0.05) is 50.2 Å². The second kappa shape index (κ2) is 4.37. The Labute approximate surface area is 118 Å². The first-order valence-electron chi connectivity index (χ1n) is 6.75. The normalized spacial score (nSPS) is 15.2. The standard InChI is InChI=1S/C17H17NO2/c1-11(2)17(16(18)19)12-7-3-5-9-14(12)20-15-10-6-4-8-13(15)17/h3-11H,1-2H3,(H2,18,19). The Kier molecular flexibility index (Phi) is 2.78. The summed E-state index contributed by atoms with van der Waals surface area (Å²) in [4.78, 5) is 12.4. The summed E-state index contributed by atoms with van der Waals surface area (Å²) in [6.07, 6.45) is 0. The zero-order valence-electron chi connectivity index (χ0n) is 11.6. The zero-order valence-corrected chi connectivity index (χ0v) is 11.6. The first-order chi connectivity index (χ1) is 9.58. The van der Waals surface area contributed by atoms with Crippen molar-refractivity contribution in [3.8, 4) is 11.5 Å². The number of nitrogens with two attached hydrogens (primary N) is 1. The molecule has 0 atom stereocenters. The number of rotatable bonds is 2. The first-order valence-corrected chi connectivity index (χ1v) is 6.75. The van der Waals surface area contributed by atoms with E-state index in [2.05, 4.69) is 0 Å². The molecule has 0 radical (unpaired) electrons. The van der Waals surface area contributed by atoms with E-state index in [-0.39, 0.29) is 11.8 Å². The molecule has 2 N–H and O–H groups in total. The molecule has 3 heteroatoms. The molecule has 1 amide bonds. The number of carbonyl (C=O) groups is 1. The van der Waals surface area contributed by atoms with Crippen molar-refractivity contribution in [3.63, 3.8) is 0 Å². The van der Waals surface area contributed by atoms with Gasteiger partial charge in [-0.3, -0.25) is 4.79 Å². The van der Waals surface area contributed by atoms with E-state index >= 15 is 0 Å². The van der Waals surface area contributed by atoms with Crippen LogP contribution in [0.25, 0.3) is 0 Å². The predicted octanol–water partition coefficient (Wildman–Crippen LogP) is 3.22. The molecule has 3 rings (SSSR count). The van der Waals surface area contributed by atoms with Crippen LogP contribution in [-0.2, 0) is 10.2 Å². The zero-order chi connectivity index (χ0) is 14.3. The number of hydrogen-bond acceptors (Lipinski definition) is 2. The Balaban J connectivity index is 2.40. The Bertz CT molecular complexity index is 631. The molecule has 0 spiro atoms. The number of benzene rings is 2. The third kappa shape index (κ3) is 1.49. The van der Waals surface area contributed by atoms with Crippen molar-refractivity contribution < 1.29 is 9.53 Å². The van der Waals surface area contributed by atoms with Crippen molar-refractivity contribution in [2.24, 2.45) is 11.7 Å². The Morgan fingerprint density at radius 3 is 1.85 bits per heavy atom. The number of ether oxygens (including phenoxy) is 1. The Hall–Kier alpha value is -2.29. The summed E-state index contributed by atoms with van der Waals surface area (Å²) < 4.78 is 5.93. The quantitative estimate of drug-likeness (QED) is 0.908. The number of fused-ring (bicyclic) bond motifs is 2. The number of primary amides is 1. The van der Waals surface area contributed by atoms with Crippen LogP contribution in [0.2, 0.25) is 0 Å². The minimum Gasteiger partial charge on any atom is -0.457 e. The van der Waals surface area contributed by atoms with Crippen LogP contribution in [0.15, 0.2) is 48.5 Å². The largest absolute Gasteiger partial charge is 0.457 e. The highest BCUT2D eigenvalue weighted by molar-refractivity contribution is 5.93. The SMILES string of the molecule is CC(C)C1(C(N)=O)c2ccccc2Oc2ccccc21. The molecular formula is C17H17NO2. The van der Waals surface area contributed by atoms with E-state index in [1.807, 2.05) is 62.4 Å². The van der Waals surface area contributed by atoms with Gasteiger partial charge in [-0.25, -0.2) is 0 Å². The molecule has 0 aromatic heterocycles. The van der Waals surface area contributed by atoms with E-state index in [1.54, 1.807) is 0 Å². The molecule has 1 aliphatic rings. The predicted molar refractivity (Wildman–Crippen MR) is 77.8 cm³/mol. The Morgan fingerprint density at radius 2 is 1.45 bits per heavy atom. The third-order valence-electron chi connectivity index (χ3n) is 4.10. The molecule has 0 saturated heterocycles. The van der Waals surface area contributed by atoms with Crippen LogP contribution in [0.4, 0.5) is 0 Å². The summed E-state index contributed by atoms with van der Waals surface area (Å²) >= 11 is 0. The molecule has 0 aliphatic carbocycles. The van der Waals surface area contributed by atoms with Gasteiger partial charge in [0.1, 0.15) is 16.9 Å². The highest BCUT2D eigenvalue weighted by atomic mass is 16.5. The number of amides is 1. The summed E-state index contributed by atoms with van der Waals surface area (Å²) in [5.74, 6) is 1.11. The molecule has 20 heavy (non-hydrogen) atoms. The third-order valence-corrected chi connectivity index (χ3v) is 4.10. The van der Waals surface area contributed by atoms with E-state index < -0.39 is 5.41 Å². The van der Waals surface area contributed by atoms with Gasteiger partial charge in [0.15, 0.2) is 0 Å². The van der Waals surface area contributed by atoms with E-state index in [4.69, 9.17) is 10.5 Å². The lowest BCUT2D eigenvalue weighted by atomic mass is 9.65. The summed E-state index contributed by atoms with van der Waals surface area (Å²) in [7, 11) is 0. The van der Waals surface area contributed by atoms with Crippen LogP contribution >= 0.6 is 0 Å². The molecule has 0 saturated carbocycles. The highest BCUT2D eigenvalue weighted by Crippen LogP contribution is 2.51. The van der Waals surface area contributed by atoms with Crippen molar-refractivity contribution >= 4 is 5.91 Å². The summed E-state index contributed by atoms with van der Waals surface area (Å²) in [6, 6.07) is 15.2. The maximum absolute atomic E-state index is 12.4. The van der Waals surface area contributed by atoms with Gasteiger partial charge in [0, 0.05) is 11.1 Å². The fourth-order valence-corrected chi connectivity index (χ4v) is 3.20. The lowest BCUT2D eigenvalue weighted by molar-refractivity contribution is -0.123. The number of carbonyl (C=O) groups excluding carboxylic acids is 1. The highest BCUT2D eigenvalue weighted by Gasteiger charge is 2.49. The molecule has 0 bridgehead atoms. The van der Waals surface area contributed by atoms with E-state index in [0.29, 0.717) is 11.5 Å². The van der Waals surface area contributed by atoms with Crippen molar-refractivity contribution in [1.29, 1.82) is 0 Å². The van der Waals surface area contributed by atoms with Gasteiger partial charge in [-0.15, -0.1) is 0 Å². The molecule has 2 aromatic rings. The molecule has 1 aliphatic heterocycles. The molecular weight excluding hydrogens is 250 g/mol. The van der Waals surface area contributed by atoms with Crippen LogP contribution in [0.3, 0.4) is 0 Å². The smallest absolute Gasteiger partial charge is 0.233 e. The molecule has 3 nitrogen and oxygen atoms in total. The lowest BCUT2D eigenvalue weighted by Gasteiger charge is -2.40. The van der Waals surface area contributed by atoms with Crippen LogP contribution < -0.4 is 10.5 Å². The second-order valence-corrected chi connectivity index (χ2v) is 5.42. The molecule has 2 aromatic carbocycles. The minimum absolute atomic E-state index is 0.0335. The van der Waals surface area contributed by atoms with Gasteiger partial charge in [0.25, 0.3) is 0 Å². The fourth-order valence-electron chi connectivity index (χ4n) is 3.20. The minimum atomic E-state index is -0.842. The molecule has 0 unspecified atom stereocenters. The fraction of sp³-hybridized carbons (Fsp3) is 0.235. The van der Waals surface area contributed by atoms with Crippen LogP contribution in [-0.4, -0.2) is 5.91 Å². The van der Waals surface area contributed by atoms with Crippen LogP contribution in [0.1, 0.15) is 25.0 Å². The number of hydrogen-bond donors (Lipinski definition) is 1. The number of para-hydroxylation sites is 2. The lowest BCUT2D eigenvalue weighted by Crippen LogP contribution is -2.48. The average molecular weight is 267 g/mol.